The number of amides is 2. The number of fused-ring (bicyclic) bond motifs is 1. The van der Waals surface area contributed by atoms with E-state index in [0.717, 1.165) is 31.3 Å². The number of thiazole rings is 1. The second-order valence-electron chi connectivity index (χ2n) is 11.1. The van der Waals surface area contributed by atoms with E-state index in [0.29, 0.717) is 16.8 Å². The number of carbonyl (C=O) groups is 3. The number of nitrogens with two attached hydrogens (primary N) is 1. The fourth-order valence-electron chi connectivity index (χ4n) is 5.61. The van der Waals surface area contributed by atoms with Crippen molar-refractivity contribution in [1.29, 1.82) is 0 Å². The average Bonchev–Trinajstić information content (AvgIpc) is 3.60. The highest BCUT2D eigenvalue weighted by atomic mass is 35.5. The number of carbonyl (C=O) groups excluding carboxylic acids is 3. The molecule has 0 bridgehead atoms. The number of benzene rings is 1. The van der Waals surface area contributed by atoms with Crippen LogP contribution < -0.4 is 10.6 Å². The maximum atomic E-state index is 15.2. The number of ketones is 1. The maximum absolute atomic E-state index is 15.2. The summed E-state index contributed by atoms with van der Waals surface area (Å²) in [5, 5.41) is 2.27. The van der Waals surface area contributed by atoms with Crippen LogP contribution in [0.15, 0.2) is 23.6 Å². The van der Waals surface area contributed by atoms with E-state index in [1.165, 1.54) is 30.1 Å². The van der Waals surface area contributed by atoms with Crippen LogP contribution in [-0.2, 0) is 14.3 Å². The quantitative estimate of drug-likeness (QED) is 0.504. The summed E-state index contributed by atoms with van der Waals surface area (Å²) >= 11 is 7.96. The molecule has 0 aliphatic carbocycles. The Morgan fingerprint density at radius 2 is 2.00 bits per heavy atom. The molecular formula is C27H33ClFN5O4S. The number of aromatic nitrogens is 1. The van der Waals surface area contributed by atoms with Crippen molar-refractivity contribution >= 4 is 45.7 Å². The van der Waals surface area contributed by atoms with Crippen LogP contribution in [0.5, 0.6) is 0 Å². The van der Waals surface area contributed by atoms with E-state index in [2.05, 4.69) is 16.8 Å². The van der Waals surface area contributed by atoms with Crippen LogP contribution in [0.4, 0.5) is 9.52 Å². The lowest BCUT2D eigenvalue weighted by Gasteiger charge is -2.32. The van der Waals surface area contributed by atoms with E-state index in [9.17, 15) is 14.4 Å². The van der Waals surface area contributed by atoms with Crippen LogP contribution in [0.2, 0.25) is 0 Å². The van der Waals surface area contributed by atoms with Crippen LogP contribution in [0.1, 0.15) is 42.1 Å². The summed E-state index contributed by atoms with van der Waals surface area (Å²) in [6, 6.07) is 4.18. The van der Waals surface area contributed by atoms with Gasteiger partial charge in [-0.1, -0.05) is 6.07 Å². The van der Waals surface area contributed by atoms with Gasteiger partial charge in [-0.05, 0) is 45.0 Å². The predicted octanol–water partition coefficient (Wildman–Crippen LogP) is 2.67. The standard InChI is InChI=1S/C27H33ClFN5O4S/c1-27(2,29)11-18(25(37)34-12-19(28)23-22(34)21(35)13-38-23)17-10-15(4-5-16(17)24(30)36)20-14-39-26(31-20)33-8-6-32(3)7-9-33/h4-5,10,14,18-19,22-23H,6-9,11-13H2,1-3H3,(H2,30,36)/t18-,19+,22+,23+/m0/s1. The Labute approximate surface area is 236 Å². The molecule has 0 spiro atoms. The number of rotatable bonds is 7. The number of hydrogen-bond acceptors (Lipinski definition) is 8. The number of hydrogen-bond donors (Lipinski definition) is 1. The van der Waals surface area contributed by atoms with Gasteiger partial charge in [-0.2, -0.15) is 0 Å². The molecule has 4 heterocycles. The second-order valence-corrected chi connectivity index (χ2v) is 12.5. The smallest absolute Gasteiger partial charge is 0.249 e. The summed E-state index contributed by atoms with van der Waals surface area (Å²) in [6.45, 7) is 6.38. The molecule has 1 aromatic carbocycles. The van der Waals surface area contributed by atoms with Gasteiger partial charge < -0.3 is 25.2 Å². The summed E-state index contributed by atoms with van der Waals surface area (Å²) < 4.78 is 20.7. The Bertz CT molecular complexity index is 1280. The molecule has 2 N–H and O–H groups in total. The fraction of sp³-hybridized carbons (Fsp3) is 0.556. The SMILES string of the molecule is CN1CCN(c2nc(-c3ccc(C(N)=O)c([C@H](CC(C)(C)F)C(=O)N4C[C@@H](Cl)[C@H]5OCC(=O)[C@H]54)c3)cs2)CC1. The molecule has 0 radical (unpaired) electrons. The van der Waals surface area contributed by atoms with E-state index in [4.69, 9.17) is 27.1 Å². The fourth-order valence-corrected chi connectivity index (χ4v) is 6.86. The number of Topliss-reactive ketones (excluding diaryl/α,β-unsaturated/α-hetero) is 1. The molecule has 2 aromatic rings. The molecule has 4 atom stereocenters. The predicted molar refractivity (Wildman–Crippen MR) is 148 cm³/mol. The van der Waals surface area contributed by atoms with Crippen molar-refractivity contribution in [2.75, 3.05) is 51.3 Å². The van der Waals surface area contributed by atoms with Crippen molar-refractivity contribution < 1.29 is 23.5 Å². The number of anilines is 1. The van der Waals surface area contributed by atoms with Gasteiger partial charge in [-0.3, -0.25) is 14.4 Å². The third-order valence-corrected chi connectivity index (χ3v) is 8.94. The molecule has 39 heavy (non-hydrogen) atoms. The van der Waals surface area contributed by atoms with Crippen LogP contribution in [0, 0.1) is 0 Å². The number of likely N-dealkylation sites (N-methyl/N-ethyl adjacent to an activating group) is 1. The van der Waals surface area contributed by atoms with Crippen molar-refractivity contribution in [3.63, 3.8) is 0 Å². The Kier molecular flexibility index (Phi) is 7.71. The normalized spacial score (nSPS) is 24.7. The number of likely N-dealkylation sites (tertiary alicyclic amines) is 1. The van der Waals surface area contributed by atoms with E-state index < -0.39 is 40.9 Å². The Hall–Kier alpha value is -2.60. The average molecular weight is 578 g/mol. The van der Waals surface area contributed by atoms with E-state index in [-0.39, 0.29) is 30.9 Å². The van der Waals surface area contributed by atoms with Crippen molar-refractivity contribution in [2.45, 2.75) is 49.4 Å². The number of halogens is 2. The number of nitrogens with zero attached hydrogens (tertiary/aromatic N) is 4. The molecule has 1 aromatic heterocycles. The van der Waals surface area contributed by atoms with E-state index in [1.807, 2.05) is 5.38 Å². The van der Waals surface area contributed by atoms with Crippen LogP contribution in [0.3, 0.4) is 0 Å². The number of ether oxygens (including phenoxy) is 1. The molecule has 9 nitrogen and oxygen atoms in total. The van der Waals surface area contributed by atoms with Crippen LogP contribution >= 0.6 is 22.9 Å². The highest BCUT2D eigenvalue weighted by molar-refractivity contribution is 7.14. The minimum atomic E-state index is -1.75. The third-order valence-electron chi connectivity index (χ3n) is 7.65. The Balaban J connectivity index is 1.52. The van der Waals surface area contributed by atoms with Crippen molar-refractivity contribution in [1.82, 2.24) is 14.8 Å². The Morgan fingerprint density at radius 1 is 1.28 bits per heavy atom. The molecule has 0 saturated carbocycles. The molecule has 3 fully saturated rings. The molecule has 12 heteroatoms. The first-order valence-corrected chi connectivity index (χ1v) is 14.4. The van der Waals surface area contributed by atoms with Crippen molar-refractivity contribution in [3.8, 4) is 11.3 Å². The molecule has 2 amide bonds. The first-order valence-electron chi connectivity index (χ1n) is 13.0. The van der Waals surface area contributed by atoms with Gasteiger partial charge in [0.2, 0.25) is 11.8 Å². The zero-order valence-electron chi connectivity index (χ0n) is 22.2. The van der Waals surface area contributed by atoms with Gasteiger partial charge >= 0.3 is 0 Å². The lowest BCUT2D eigenvalue weighted by atomic mass is 9.83. The zero-order chi connectivity index (χ0) is 28.1. The van der Waals surface area contributed by atoms with E-state index in [1.54, 1.807) is 18.2 Å². The minimum absolute atomic E-state index is 0.0940. The zero-order valence-corrected chi connectivity index (χ0v) is 23.8. The molecular weight excluding hydrogens is 545 g/mol. The van der Waals surface area contributed by atoms with Gasteiger partial charge in [-0.15, -0.1) is 22.9 Å². The van der Waals surface area contributed by atoms with Gasteiger partial charge in [0.05, 0.1) is 17.0 Å². The molecule has 210 valence electrons. The summed E-state index contributed by atoms with van der Waals surface area (Å²) in [7, 11) is 2.09. The monoisotopic (exact) mass is 577 g/mol. The summed E-state index contributed by atoms with van der Waals surface area (Å²) in [5.41, 5.74) is 5.79. The van der Waals surface area contributed by atoms with Gasteiger partial charge in [0.1, 0.15) is 24.4 Å². The first kappa shape index (κ1) is 27.9. The van der Waals surface area contributed by atoms with E-state index >= 15 is 4.39 Å². The largest absolute Gasteiger partial charge is 0.366 e. The summed E-state index contributed by atoms with van der Waals surface area (Å²) in [5.74, 6) is -2.51. The molecule has 3 saturated heterocycles. The number of primary amides is 1. The topological polar surface area (TPSA) is 109 Å². The van der Waals surface area contributed by atoms with Crippen LogP contribution in [0.25, 0.3) is 11.3 Å². The van der Waals surface area contributed by atoms with Gasteiger partial charge in [0, 0.05) is 49.2 Å². The van der Waals surface area contributed by atoms with Crippen molar-refractivity contribution in [2.24, 2.45) is 5.73 Å². The highest BCUT2D eigenvalue weighted by Crippen LogP contribution is 2.39. The number of alkyl halides is 2. The minimum Gasteiger partial charge on any atom is -0.366 e. The molecule has 3 aliphatic heterocycles. The van der Waals surface area contributed by atoms with Gasteiger partial charge in [0.15, 0.2) is 10.9 Å². The highest BCUT2D eigenvalue weighted by Gasteiger charge is 2.53. The lowest BCUT2D eigenvalue weighted by molar-refractivity contribution is -0.138. The molecule has 3 aliphatic rings. The number of piperazine rings is 1. The lowest BCUT2D eigenvalue weighted by Crippen LogP contribution is -2.45. The summed E-state index contributed by atoms with van der Waals surface area (Å²) in [4.78, 5) is 49.8. The third kappa shape index (κ3) is 5.68. The second kappa shape index (κ2) is 10.8. The van der Waals surface area contributed by atoms with Gasteiger partial charge in [-0.25, -0.2) is 9.37 Å². The van der Waals surface area contributed by atoms with Crippen LogP contribution in [-0.4, -0.2) is 102 Å². The van der Waals surface area contributed by atoms with Crippen molar-refractivity contribution in [3.05, 3.63) is 34.7 Å². The molecule has 5 rings (SSSR count). The van der Waals surface area contributed by atoms with Gasteiger partial charge in [0.25, 0.3) is 0 Å². The summed E-state index contributed by atoms with van der Waals surface area (Å²) in [6.07, 6.45) is -0.818. The Morgan fingerprint density at radius 3 is 2.67 bits per heavy atom. The maximum Gasteiger partial charge on any atom is 0.249 e. The molecule has 0 unspecified atom stereocenters. The first-order chi connectivity index (χ1) is 18.4.